The molecule has 0 unspecified atom stereocenters. The minimum atomic E-state index is -1.26. The van der Waals surface area contributed by atoms with Gasteiger partial charge in [0.1, 0.15) is 0 Å². The van der Waals surface area contributed by atoms with Crippen LogP contribution in [0.4, 0.5) is 0 Å². The van der Waals surface area contributed by atoms with Crippen molar-refractivity contribution < 1.29 is 54.9 Å². The van der Waals surface area contributed by atoms with Gasteiger partial charge in [0.2, 0.25) is 0 Å². The molecule has 11 nitrogen and oxygen atoms in total. The van der Waals surface area contributed by atoms with Crippen LogP contribution in [0.1, 0.15) is 13.3 Å². The monoisotopic (exact) mass is 366 g/mol. The molecule has 0 saturated heterocycles. The zero-order chi connectivity index (χ0) is 20.5. The topological polar surface area (TPSA) is 210 Å². The largest absolute Gasteiger partial charge is 0.478 e. The Morgan fingerprint density at radius 1 is 0.640 bits per heavy atom. The van der Waals surface area contributed by atoms with Gasteiger partial charge in [-0.15, -0.1) is 0 Å². The first-order valence-corrected chi connectivity index (χ1v) is 6.60. The molecule has 0 amide bonds. The third-order valence-corrected chi connectivity index (χ3v) is 2.49. The maximum absolute atomic E-state index is 9.55. The molecule has 0 rings (SSSR count). The molecule has 7 N–H and O–H groups in total. The van der Waals surface area contributed by atoms with Crippen LogP contribution in [0.15, 0.2) is 24.3 Å². The number of carbonyl (C=O) groups is 4. The van der Waals surface area contributed by atoms with Gasteiger partial charge in [0, 0.05) is 29.7 Å². The van der Waals surface area contributed by atoms with Crippen molar-refractivity contribution in [3.63, 3.8) is 0 Å². The Morgan fingerprint density at radius 3 is 0.880 bits per heavy atom. The summed E-state index contributed by atoms with van der Waals surface area (Å²) in [5.74, 6) is -5.03. The Labute approximate surface area is 142 Å². The maximum atomic E-state index is 9.55. The van der Waals surface area contributed by atoms with Crippen LogP contribution in [-0.4, -0.2) is 79.4 Å². The highest BCUT2D eigenvalue weighted by molar-refractivity contribution is 5.90. The van der Waals surface area contributed by atoms with Gasteiger partial charge in [0.25, 0.3) is 0 Å². The lowest BCUT2D eigenvalue weighted by Gasteiger charge is -2.24. The summed E-state index contributed by atoms with van der Waals surface area (Å²) in [6.07, 6.45) is 2.83. The summed E-state index contributed by atoms with van der Waals surface area (Å²) in [5, 5.41) is 57.2. The molecule has 0 aromatic rings. The molecule has 0 bridgehead atoms. The van der Waals surface area contributed by atoms with Crippen LogP contribution < -0.4 is 0 Å². The van der Waals surface area contributed by atoms with Crippen molar-refractivity contribution in [3.05, 3.63) is 24.3 Å². The van der Waals surface area contributed by atoms with Crippen molar-refractivity contribution in [2.24, 2.45) is 5.41 Å². The Kier molecular flexibility index (Phi) is 17.5. The lowest BCUT2D eigenvalue weighted by atomic mass is 9.88. The summed E-state index contributed by atoms with van der Waals surface area (Å²) in [4.78, 5) is 38.2. The standard InChI is InChI=1S/C6H14O3.2C4H4O4/c1-2-6(3-7,4-8)5-9;2*5-3(6)1-2-4(7)8/h7-9H,2-5H2,1H3;2*1-2H,(H,5,6)(H,7,8)/b;2*2-1+. The van der Waals surface area contributed by atoms with Gasteiger partial charge in [-0.1, -0.05) is 6.92 Å². The SMILES string of the molecule is CCC(CO)(CO)CO.O=C(O)/C=C/C(=O)O.O=C(O)/C=C/C(=O)O. The highest BCUT2D eigenvalue weighted by Gasteiger charge is 2.24. The fraction of sp³-hybridized carbons (Fsp3) is 0.429. The smallest absolute Gasteiger partial charge is 0.328 e. The molecular formula is C14H22O11. The van der Waals surface area contributed by atoms with Crippen LogP contribution in [-0.2, 0) is 19.2 Å². The van der Waals surface area contributed by atoms with E-state index in [1.807, 2.05) is 6.92 Å². The molecule has 0 saturated carbocycles. The normalized spacial score (nSPS) is 10.4. The number of aliphatic hydroxyl groups excluding tert-OH is 3. The first kappa shape index (κ1) is 27.1. The van der Waals surface area contributed by atoms with Crippen molar-refractivity contribution >= 4 is 23.9 Å². The summed E-state index contributed by atoms with van der Waals surface area (Å²) in [6.45, 7) is 1.35. The number of carboxylic acids is 4. The van der Waals surface area contributed by atoms with E-state index in [4.69, 9.17) is 35.7 Å². The summed E-state index contributed by atoms with van der Waals surface area (Å²) in [5.41, 5.74) is -0.667. The molecule has 0 fully saturated rings. The molecule has 0 aromatic carbocycles. The predicted octanol–water partition coefficient (Wildman–Crippen LogP) is -1.22. The molecule has 0 aliphatic carbocycles. The highest BCUT2D eigenvalue weighted by Crippen LogP contribution is 2.18. The summed E-state index contributed by atoms with van der Waals surface area (Å²) < 4.78 is 0. The molecule has 0 atom stereocenters. The van der Waals surface area contributed by atoms with Crippen LogP contribution in [0, 0.1) is 5.41 Å². The maximum Gasteiger partial charge on any atom is 0.328 e. The molecule has 0 heterocycles. The zero-order valence-corrected chi connectivity index (χ0v) is 13.4. The summed E-state index contributed by atoms with van der Waals surface area (Å²) in [6, 6.07) is 0. The van der Waals surface area contributed by atoms with Crippen LogP contribution in [0.25, 0.3) is 0 Å². The third kappa shape index (κ3) is 21.2. The van der Waals surface area contributed by atoms with E-state index in [-0.39, 0.29) is 19.8 Å². The van der Waals surface area contributed by atoms with Gasteiger partial charge in [-0.25, -0.2) is 19.2 Å². The van der Waals surface area contributed by atoms with E-state index in [1.165, 1.54) is 0 Å². The van der Waals surface area contributed by atoms with E-state index < -0.39 is 29.3 Å². The average Bonchev–Trinajstić information content (AvgIpc) is 2.55. The van der Waals surface area contributed by atoms with Crippen molar-refractivity contribution in [1.29, 1.82) is 0 Å². The first-order chi connectivity index (χ1) is 11.5. The van der Waals surface area contributed by atoms with Gasteiger partial charge in [-0.05, 0) is 6.42 Å². The average molecular weight is 366 g/mol. The van der Waals surface area contributed by atoms with E-state index in [0.29, 0.717) is 30.7 Å². The first-order valence-electron chi connectivity index (χ1n) is 6.60. The molecule has 144 valence electrons. The second-order valence-electron chi connectivity index (χ2n) is 4.35. The predicted molar refractivity (Wildman–Crippen MR) is 82.8 cm³/mol. The molecule has 0 aromatic heterocycles. The van der Waals surface area contributed by atoms with Gasteiger partial charge in [-0.2, -0.15) is 0 Å². The Bertz CT molecular complexity index is 392. The molecular weight excluding hydrogens is 344 g/mol. The van der Waals surface area contributed by atoms with Crippen molar-refractivity contribution in [1.82, 2.24) is 0 Å². The number of rotatable bonds is 8. The number of hydrogen-bond donors (Lipinski definition) is 7. The third-order valence-electron chi connectivity index (χ3n) is 2.49. The van der Waals surface area contributed by atoms with E-state index in [9.17, 15) is 19.2 Å². The second-order valence-corrected chi connectivity index (χ2v) is 4.35. The van der Waals surface area contributed by atoms with Gasteiger partial charge in [0.15, 0.2) is 0 Å². The van der Waals surface area contributed by atoms with Crippen LogP contribution in [0.2, 0.25) is 0 Å². The summed E-state index contributed by atoms with van der Waals surface area (Å²) in [7, 11) is 0. The lowest BCUT2D eigenvalue weighted by molar-refractivity contribution is -0.134. The fourth-order valence-electron chi connectivity index (χ4n) is 0.771. The van der Waals surface area contributed by atoms with E-state index in [2.05, 4.69) is 0 Å². The molecule has 0 radical (unpaired) electrons. The van der Waals surface area contributed by atoms with Gasteiger partial charge < -0.3 is 35.7 Å². The van der Waals surface area contributed by atoms with Crippen molar-refractivity contribution in [2.75, 3.05) is 19.8 Å². The fourth-order valence-corrected chi connectivity index (χ4v) is 0.771. The molecule has 0 aliphatic rings. The minimum Gasteiger partial charge on any atom is -0.478 e. The van der Waals surface area contributed by atoms with Crippen LogP contribution in [0.3, 0.4) is 0 Å². The second kappa shape index (κ2) is 16.1. The van der Waals surface area contributed by atoms with Gasteiger partial charge >= 0.3 is 23.9 Å². The van der Waals surface area contributed by atoms with E-state index in [0.717, 1.165) is 0 Å². The Hall–Kier alpha value is -2.76. The number of aliphatic hydroxyl groups is 3. The van der Waals surface area contributed by atoms with Gasteiger partial charge in [0.05, 0.1) is 19.8 Å². The van der Waals surface area contributed by atoms with Crippen molar-refractivity contribution in [2.45, 2.75) is 13.3 Å². The zero-order valence-electron chi connectivity index (χ0n) is 13.4. The Morgan fingerprint density at radius 2 is 0.840 bits per heavy atom. The minimum absolute atomic E-state index is 0.156. The van der Waals surface area contributed by atoms with E-state index in [1.54, 1.807) is 0 Å². The summed E-state index contributed by atoms with van der Waals surface area (Å²) >= 11 is 0. The van der Waals surface area contributed by atoms with E-state index >= 15 is 0 Å². The lowest BCUT2D eigenvalue weighted by Crippen LogP contribution is -2.32. The molecule has 11 heteroatoms. The number of carboxylic acid groups (broad SMARTS) is 4. The van der Waals surface area contributed by atoms with Crippen LogP contribution in [0.5, 0.6) is 0 Å². The van der Waals surface area contributed by atoms with Gasteiger partial charge in [-0.3, -0.25) is 0 Å². The highest BCUT2D eigenvalue weighted by atomic mass is 16.4. The molecule has 0 spiro atoms. The van der Waals surface area contributed by atoms with Crippen LogP contribution >= 0.6 is 0 Å². The Balaban J connectivity index is -0.000000291. The van der Waals surface area contributed by atoms with Crippen molar-refractivity contribution in [3.8, 4) is 0 Å². The molecule has 0 aliphatic heterocycles. The quantitative estimate of drug-likeness (QED) is 0.253. The number of hydrogen-bond acceptors (Lipinski definition) is 7. The molecule has 25 heavy (non-hydrogen) atoms. The number of aliphatic carboxylic acids is 4.